The molecule has 0 fully saturated rings. The number of aliphatic hydroxyl groups excluding tert-OH is 1. The number of aromatic nitrogens is 1. The van der Waals surface area contributed by atoms with Crippen LogP contribution >= 0.6 is 0 Å². The third-order valence-corrected chi connectivity index (χ3v) is 6.69. The highest BCUT2D eigenvalue weighted by atomic mass is 16.5. The topological polar surface area (TPSA) is 124 Å². The summed E-state index contributed by atoms with van der Waals surface area (Å²) in [6.45, 7) is 4.08. The first-order valence-electron chi connectivity index (χ1n) is 12.8. The van der Waals surface area contributed by atoms with Crippen molar-refractivity contribution in [2.75, 3.05) is 37.4 Å². The maximum Gasteiger partial charge on any atom is 0.321 e. The van der Waals surface area contributed by atoms with Crippen LogP contribution < -0.4 is 15.4 Å². The highest BCUT2D eigenvalue weighted by Gasteiger charge is 2.34. The Labute approximate surface area is 227 Å². The van der Waals surface area contributed by atoms with Crippen molar-refractivity contribution in [1.29, 1.82) is 0 Å². The standard InChI is InChI=1S/C29H33N5O5/c1-19-16-34(20(2)18-35)28(37)24-15-23(31-27(36)21-11-13-30-14-12-21)9-10-25(24)39-26(19)17-33(3)29(38)32-22-7-5-4-6-8-22/h4-15,19-20,26,35H,16-18H2,1-3H3,(H,31,36)(H,32,38)/t19-,20-,26+/m1/s1. The molecule has 39 heavy (non-hydrogen) atoms. The number of para-hydroxylation sites is 1. The Morgan fingerprint density at radius 3 is 2.51 bits per heavy atom. The molecule has 3 atom stereocenters. The normalized spacial score (nSPS) is 17.6. The molecule has 0 saturated carbocycles. The van der Waals surface area contributed by atoms with E-state index in [0.717, 1.165) is 0 Å². The van der Waals surface area contributed by atoms with Crippen LogP contribution in [0.2, 0.25) is 0 Å². The van der Waals surface area contributed by atoms with Crippen molar-refractivity contribution in [2.24, 2.45) is 5.92 Å². The Hall–Kier alpha value is -4.44. The summed E-state index contributed by atoms with van der Waals surface area (Å²) < 4.78 is 6.34. The Bertz CT molecular complexity index is 1300. The molecule has 2 heterocycles. The third-order valence-electron chi connectivity index (χ3n) is 6.69. The zero-order valence-corrected chi connectivity index (χ0v) is 22.2. The van der Waals surface area contributed by atoms with Gasteiger partial charge in [0.05, 0.1) is 24.8 Å². The van der Waals surface area contributed by atoms with Gasteiger partial charge in [0.25, 0.3) is 11.8 Å². The maximum absolute atomic E-state index is 13.6. The molecule has 1 aliphatic rings. The number of anilines is 2. The highest BCUT2D eigenvalue weighted by molar-refractivity contribution is 6.05. The van der Waals surface area contributed by atoms with Gasteiger partial charge in [0.15, 0.2) is 0 Å². The van der Waals surface area contributed by atoms with Gasteiger partial charge in [-0.05, 0) is 49.4 Å². The monoisotopic (exact) mass is 531 g/mol. The van der Waals surface area contributed by atoms with Gasteiger partial charge in [0.1, 0.15) is 11.9 Å². The molecular weight excluding hydrogens is 498 g/mol. The minimum absolute atomic E-state index is 0.158. The van der Waals surface area contributed by atoms with Crippen LogP contribution in [-0.2, 0) is 0 Å². The summed E-state index contributed by atoms with van der Waals surface area (Å²) in [5.41, 5.74) is 1.80. The lowest BCUT2D eigenvalue weighted by molar-refractivity contribution is 0.0371. The Morgan fingerprint density at radius 2 is 1.82 bits per heavy atom. The van der Waals surface area contributed by atoms with Crippen LogP contribution in [0.15, 0.2) is 73.1 Å². The van der Waals surface area contributed by atoms with Gasteiger partial charge in [-0.1, -0.05) is 25.1 Å². The zero-order chi connectivity index (χ0) is 27.9. The molecule has 4 amide bonds. The first-order valence-corrected chi connectivity index (χ1v) is 12.8. The lowest BCUT2D eigenvalue weighted by atomic mass is 9.99. The smallest absolute Gasteiger partial charge is 0.321 e. The summed E-state index contributed by atoms with van der Waals surface area (Å²) in [4.78, 5) is 46.2. The van der Waals surface area contributed by atoms with Crippen molar-refractivity contribution in [3.05, 3.63) is 84.2 Å². The largest absolute Gasteiger partial charge is 0.487 e. The Balaban J connectivity index is 1.59. The summed E-state index contributed by atoms with van der Waals surface area (Å²) in [7, 11) is 1.69. The fourth-order valence-electron chi connectivity index (χ4n) is 4.32. The first-order chi connectivity index (χ1) is 18.8. The van der Waals surface area contributed by atoms with E-state index in [2.05, 4.69) is 15.6 Å². The molecule has 3 N–H and O–H groups in total. The minimum Gasteiger partial charge on any atom is -0.487 e. The maximum atomic E-state index is 13.6. The van der Waals surface area contributed by atoms with E-state index in [1.807, 2.05) is 37.3 Å². The number of carbonyl (C=O) groups excluding carboxylic acids is 3. The van der Waals surface area contributed by atoms with Crippen LogP contribution in [0.4, 0.5) is 16.2 Å². The molecule has 10 nitrogen and oxygen atoms in total. The van der Waals surface area contributed by atoms with Crippen LogP contribution in [-0.4, -0.2) is 76.6 Å². The number of benzene rings is 2. The van der Waals surface area contributed by atoms with Gasteiger partial charge in [0.2, 0.25) is 0 Å². The van der Waals surface area contributed by atoms with E-state index in [0.29, 0.717) is 29.2 Å². The fourth-order valence-corrected chi connectivity index (χ4v) is 4.32. The van der Waals surface area contributed by atoms with Crippen molar-refractivity contribution in [1.82, 2.24) is 14.8 Å². The van der Waals surface area contributed by atoms with Gasteiger partial charge >= 0.3 is 6.03 Å². The van der Waals surface area contributed by atoms with Crippen molar-refractivity contribution in [3.63, 3.8) is 0 Å². The number of nitrogens with one attached hydrogen (secondary N) is 2. The number of nitrogens with zero attached hydrogens (tertiary/aromatic N) is 3. The number of amides is 4. The molecule has 0 spiro atoms. The minimum atomic E-state index is -0.450. The van der Waals surface area contributed by atoms with Gasteiger partial charge in [0, 0.05) is 48.8 Å². The van der Waals surface area contributed by atoms with E-state index in [4.69, 9.17) is 4.74 Å². The summed E-state index contributed by atoms with van der Waals surface area (Å²) in [6.07, 6.45) is 2.60. The third kappa shape index (κ3) is 6.71. The molecule has 2 aromatic carbocycles. The van der Waals surface area contributed by atoms with E-state index >= 15 is 0 Å². The van der Waals surface area contributed by atoms with Crippen molar-refractivity contribution < 1.29 is 24.2 Å². The highest BCUT2D eigenvalue weighted by Crippen LogP contribution is 2.31. The molecule has 1 aromatic heterocycles. The number of urea groups is 1. The second-order valence-electron chi connectivity index (χ2n) is 9.70. The first kappa shape index (κ1) is 27.6. The predicted molar refractivity (Wildman–Crippen MR) is 148 cm³/mol. The molecular formula is C29H33N5O5. The van der Waals surface area contributed by atoms with Gasteiger partial charge < -0.3 is 30.3 Å². The number of pyridine rings is 1. The SMILES string of the molecule is C[C@@H]1CN([C@H](C)CO)C(=O)c2cc(NC(=O)c3ccncc3)ccc2O[C@H]1CN(C)C(=O)Nc1ccccc1. The Morgan fingerprint density at radius 1 is 1.10 bits per heavy atom. The molecule has 3 aromatic rings. The summed E-state index contributed by atoms with van der Waals surface area (Å²) in [5.74, 6) is -0.471. The average Bonchev–Trinajstić information content (AvgIpc) is 2.95. The van der Waals surface area contributed by atoms with E-state index in [1.165, 1.54) is 12.4 Å². The summed E-state index contributed by atoms with van der Waals surface area (Å²) in [5, 5.41) is 15.6. The van der Waals surface area contributed by atoms with Crippen molar-refractivity contribution in [2.45, 2.75) is 26.0 Å². The molecule has 10 heteroatoms. The number of carbonyl (C=O) groups is 3. The second-order valence-corrected chi connectivity index (χ2v) is 9.70. The number of ether oxygens (including phenoxy) is 1. The van der Waals surface area contributed by atoms with Crippen LogP contribution in [0.5, 0.6) is 5.75 Å². The van der Waals surface area contributed by atoms with Gasteiger partial charge in [-0.15, -0.1) is 0 Å². The molecule has 0 radical (unpaired) electrons. The Kier molecular flexibility index (Phi) is 8.77. The molecule has 204 valence electrons. The number of rotatable bonds is 7. The van der Waals surface area contributed by atoms with Crippen LogP contribution in [0, 0.1) is 5.92 Å². The van der Waals surface area contributed by atoms with E-state index in [-0.39, 0.29) is 42.5 Å². The van der Waals surface area contributed by atoms with Gasteiger partial charge in [-0.3, -0.25) is 14.6 Å². The van der Waals surface area contributed by atoms with E-state index in [1.54, 1.807) is 54.1 Å². The van der Waals surface area contributed by atoms with Gasteiger partial charge in [-0.25, -0.2) is 4.79 Å². The predicted octanol–water partition coefficient (Wildman–Crippen LogP) is 3.72. The molecule has 0 saturated heterocycles. The number of aliphatic hydroxyl groups is 1. The van der Waals surface area contributed by atoms with Crippen molar-refractivity contribution >= 4 is 29.2 Å². The average molecular weight is 532 g/mol. The van der Waals surface area contributed by atoms with Gasteiger partial charge in [-0.2, -0.15) is 0 Å². The fraction of sp³-hybridized carbons (Fsp3) is 0.310. The molecule has 0 unspecified atom stereocenters. The quantitative estimate of drug-likeness (QED) is 0.427. The van der Waals surface area contributed by atoms with Crippen molar-refractivity contribution in [3.8, 4) is 5.75 Å². The number of likely N-dealkylation sites (N-methyl/N-ethyl adjacent to an activating group) is 1. The van der Waals surface area contributed by atoms with Crippen LogP contribution in [0.25, 0.3) is 0 Å². The van der Waals surface area contributed by atoms with E-state index in [9.17, 15) is 19.5 Å². The lowest BCUT2D eigenvalue weighted by Crippen LogP contribution is -2.50. The summed E-state index contributed by atoms with van der Waals surface area (Å²) >= 11 is 0. The molecule has 0 bridgehead atoms. The number of hydrogen-bond donors (Lipinski definition) is 3. The van der Waals surface area contributed by atoms with Crippen LogP contribution in [0.1, 0.15) is 34.6 Å². The molecule has 4 rings (SSSR count). The lowest BCUT2D eigenvalue weighted by Gasteiger charge is -2.38. The zero-order valence-electron chi connectivity index (χ0n) is 22.2. The summed E-state index contributed by atoms with van der Waals surface area (Å²) in [6, 6.07) is 16.5. The molecule has 1 aliphatic heterocycles. The number of fused-ring (bicyclic) bond motifs is 1. The number of hydrogen-bond acceptors (Lipinski definition) is 6. The molecule has 0 aliphatic carbocycles. The second kappa shape index (κ2) is 12.4. The van der Waals surface area contributed by atoms with E-state index < -0.39 is 12.1 Å². The van der Waals surface area contributed by atoms with Crippen LogP contribution in [0.3, 0.4) is 0 Å².